The molecule has 0 heterocycles. The fourth-order valence-electron chi connectivity index (χ4n) is 3.30. The largest absolute Gasteiger partial charge is 0.495 e. The van der Waals surface area contributed by atoms with Crippen molar-refractivity contribution in [3.8, 4) is 18.1 Å². The second-order valence-corrected chi connectivity index (χ2v) is 6.29. The Bertz CT molecular complexity index is 663. The number of rotatable bonds is 5. The molecule has 1 saturated carbocycles. The van der Waals surface area contributed by atoms with Gasteiger partial charge >= 0.3 is 5.91 Å². The van der Waals surface area contributed by atoms with Gasteiger partial charge in [-0.2, -0.15) is 0 Å². The second-order valence-electron chi connectivity index (χ2n) is 5.88. The molecule has 2 amide bonds. The first-order chi connectivity index (χ1) is 11.5. The summed E-state index contributed by atoms with van der Waals surface area (Å²) in [7, 11) is 1.50. The number of benzene rings is 1. The van der Waals surface area contributed by atoms with E-state index in [0.717, 1.165) is 32.1 Å². The maximum absolute atomic E-state index is 12.4. The molecule has 1 aliphatic rings. The number of nitrogens with zero attached hydrogens (tertiary/aromatic N) is 1. The Hall–Kier alpha value is -2.19. The third-order valence-electron chi connectivity index (χ3n) is 4.42. The Morgan fingerprint density at radius 3 is 2.54 bits per heavy atom. The Morgan fingerprint density at radius 1 is 1.38 bits per heavy atom. The van der Waals surface area contributed by atoms with Crippen LogP contribution in [-0.4, -0.2) is 25.0 Å². The van der Waals surface area contributed by atoms with Crippen LogP contribution in [0.15, 0.2) is 18.2 Å². The van der Waals surface area contributed by atoms with Gasteiger partial charge in [-0.15, -0.1) is 6.42 Å². The monoisotopic (exact) mass is 348 g/mol. The first-order valence-electron chi connectivity index (χ1n) is 7.92. The molecule has 5 nitrogen and oxygen atoms in total. The molecule has 2 rings (SSSR count). The van der Waals surface area contributed by atoms with Gasteiger partial charge in [0.2, 0.25) is 5.91 Å². The van der Waals surface area contributed by atoms with E-state index in [2.05, 4.69) is 5.92 Å². The van der Waals surface area contributed by atoms with Crippen molar-refractivity contribution < 1.29 is 14.3 Å². The molecule has 128 valence electrons. The molecular formula is C18H21ClN2O3. The predicted molar refractivity (Wildman–Crippen MR) is 93.9 cm³/mol. The van der Waals surface area contributed by atoms with Crippen LogP contribution < -0.4 is 15.4 Å². The van der Waals surface area contributed by atoms with Gasteiger partial charge in [0.15, 0.2) is 0 Å². The van der Waals surface area contributed by atoms with Crippen LogP contribution in [0.25, 0.3) is 0 Å². The van der Waals surface area contributed by atoms with E-state index < -0.39 is 17.9 Å². The van der Waals surface area contributed by atoms with Gasteiger partial charge in [0.05, 0.1) is 12.1 Å². The number of terminal acetylenes is 1. The van der Waals surface area contributed by atoms with Crippen molar-refractivity contribution in [2.45, 2.75) is 38.1 Å². The zero-order valence-electron chi connectivity index (χ0n) is 13.6. The molecule has 6 heteroatoms. The third-order valence-corrected chi connectivity index (χ3v) is 4.72. The summed E-state index contributed by atoms with van der Waals surface area (Å²) < 4.78 is 5.12. The van der Waals surface area contributed by atoms with Gasteiger partial charge in [0, 0.05) is 5.69 Å². The van der Waals surface area contributed by atoms with Crippen LogP contribution in [0.1, 0.15) is 32.1 Å². The van der Waals surface area contributed by atoms with Crippen LogP contribution in [0.2, 0.25) is 5.02 Å². The molecule has 24 heavy (non-hydrogen) atoms. The van der Waals surface area contributed by atoms with Gasteiger partial charge < -0.3 is 10.5 Å². The van der Waals surface area contributed by atoms with Crippen molar-refractivity contribution >= 4 is 29.1 Å². The van der Waals surface area contributed by atoms with E-state index in [1.807, 2.05) is 0 Å². The molecule has 1 aromatic carbocycles. The zero-order valence-corrected chi connectivity index (χ0v) is 14.4. The second kappa shape index (κ2) is 8.07. The summed E-state index contributed by atoms with van der Waals surface area (Å²) in [5.41, 5.74) is 6.08. The number of primary amides is 1. The Kier molecular flexibility index (Phi) is 6.10. The van der Waals surface area contributed by atoms with Gasteiger partial charge in [-0.25, -0.2) is 0 Å². The highest BCUT2D eigenvalue weighted by atomic mass is 35.5. The Morgan fingerprint density at radius 2 is 2.04 bits per heavy atom. The van der Waals surface area contributed by atoms with Crippen molar-refractivity contribution in [3.63, 3.8) is 0 Å². The maximum atomic E-state index is 12.4. The van der Waals surface area contributed by atoms with Crippen LogP contribution in [0, 0.1) is 18.3 Å². The lowest BCUT2D eigenvalue weighted by atomic mass is 9.82. The van der Waals surface area contributed by atoms with E-state index in [-0.39, 0.29) is 5.92 Å². The molecular weight excluding hydrogens is 328 g/mol. The summed E-state index contributed by atoms with van der Waals surface area (Å²) in [4.78, 5) is 25.8. The molecule has 1 aliphatic carbocycles. The van der Waals surface area contributed by atoms with Gasteiger partial charge in [-0.1, -0.05) is 30.9 Å². The van der Waals surface area contributed by atoms with Crippen LogP contribution in [-0.2, 0) is 9.59 Å². The van der Waals surface area contributed by atoms with E-state index in [4.69, 9.17) is 28.5 Å². The SMILES string of the molecule is C#CC(=O)N(c1ccc(OC)c(Cl)c1)C(C(N)=O)C1CCCCC1. The average Bonchev–Trinajstić information content (AvgIpc) is 2.59. The molecule has 0 aliphatic heterocycles. The molecule has 1 fully saturated rings. The van der Waals surface area contributed by atoms with Gasteiger partial charge in [-0.3, -0.25) is 14.5 Å². The number of hydrogen-bond donors (Lipinski definition) is 1. The lowest BCUT2D eigenvalue weighted by molar-refractivity contribution is -0.124. The minimum Gasteiger partial charge on any atom is -0.495 e. The van der Waals surface area contributed by atoms with E-state index in [1.54, 1.807) is 18.2 Å². The topological polar surface area (TPSA) is 72.6 Å². The minimum absolute atomic E-state index is 0.00516. The molecule has 0 saturated heterocycles. The first kappa shape index (κ1) is 18.2. The summed E-state index contributed by atoms with van der Waals surface area (Å²) >= 11 is 6.16. The highest BCUT2D eigenvalue weighted by Crippen LogP contribution is 2.34. The molecule has 0 bridgehead atoms. The molecule has 1 atom stereocenters. The molecule has 1 aromatic rings. The van der Waals surface area contributed by atoms with Gasteiger partial charge in [0.1, 0.15) is 11.8 Å². The Balaban J connectivity index is 2.45. The number of halogens is 1. The van der Waals surface area contributed by atoms with Crippen molar-refractivity contribution in [1.29, 1.82) is 0 Å². The van der Waals surface area contributed by atoms with Crippen molar-refractivity contribution in [2.24, 2.45) is 11.7 Å². The van der Waals surface area contributed by atoms with Gasteiger partial charge in [-0.05, 0) is 42.9 Å². The summed E-state index contributed by atoms with van der Waals surface area (Å²) in [6.07, 6.45) is 10.1. The average molecular weight is 349 g/mol. The number of carbonyl (C=O) groups is 2. The highest BCUT2D eigenvalue weighted by molar-refractivity contribution is 6.32. The summed E-state index contributed by atoms with van der Waals surface area (Å²) in [5.74, 6) is 1.40. The molecule has 0 spiro atoms. The number of carbonyl (C=O) groups excluding carboxylic acids is 2. The molecule has 0 aromatic heterocycles. The number of amides is 2. The lowest BCUT2D eigenvalue weighted by Gasteiger charge is -2.36. The quantitative estimate of drug-likeness (QED) is 0.831. The van der Waals surface area contributed by atoms with Crippen molar-refractivity contribution in [3.05, 3.63) is 23.2 Å². The molecule has 0 radical (unpaired) electrons. The zero-order chi connectivity index (χ0) is 17.7. The summed E-state index contributed by atoms with van der Waals surface area (Å²) in [5, 5.41) is 0.330. The van der Waals surface area contributed by atoms with Crippen LogP contribution in [0.4, 0.5) is 5.69 Å². The lowest BCUT2D eigenvalue weighted by Crippen LogP contribution is -2.52. The van der Waals surface area contributed by atoms with Crippen LogP contribution in [0.3, 0.4) is 0 Å². The first-order valence-corrected chi connectivity index (χ1v) is 8.30. The number of nitrogens with two attached hydrogens (primary N) is 1. The predicted octanol–water partition coefficient (Wildman–Crippen LogP) is 2.75. The van der Waals surface area contributed by atoms with E-state index in [0.29, 0.717) is 16.5 Å². The van der Waals surface area contributed by atoms with E-state index >= 15 is 0 Å². The minimum atomic E-state index is -0.779. The third kappa shape index (κ3) is 3.82. The summed E-state index contributed by atoms with van der Waals surface area (Å²) in [6, 6.07) is 4.07. The normalized spacial score (nSPS) is 16.0. The highest BCUT2D eigenvalue weighted by Gasteiger charge is 2.36. The van der Waals surface area contributed by atoms with E-state index in [1.165, 1.54) is 12.0 Å². The van der Waals surface area contributed by atoms with Crippen LogP contribution >= 0.6 is 11.6 Å². The summed E-state index contributed by atoms with van der Waals surface area (Å²) in [6.45, 7) is 0. The van der Waals surface area contributed by atoms with Crippen molar-refractivity contribution in [1.82, 2.24) is 0 Å². The molecule has 2 N–H and O–H groups in total. The van der Waals surface area contributed by atoms with Crippen molar-refractivity contribution in [2.75, 3.05) is 12.0 Å². The Labute approximate surface area is 147 Å². The number of hydrogen-bond acceptors (Lipinski definition) is 3. The maximum Gasteiger partial charge on any atom is 0.303 e. The standard InChI is InChI=1S/C18H21ClN2O3/c1-3-16(22)21(13-9-10-15(24-2)14(19)11-13)17(18(20)23)12-7-5-4-6-8-12/h1,9-12,17H,4-8H2,2H3,(H2,20,23). The fraction of sp³-hybridized carbons (Fsp3) is 0.444. The van der Waals surface area contributed by atoms with E-state index in [9.17, 15) is 9.59 Å². The smallest absolute Gasteiger partial charge is 0.303 e. The fourth-order valence-corrected chi connectivity index (χ4v) is 3.55. The molecule has 1 unspecified atom stereocenters. The number of anilines is 1. The van der Waals surface area contributed by atoms with Crippen LogP contribution in [0.5, 0.6) is 5.75 Å². The van der Waals surface area contributed by atoms with Gasteiger partial charge in [0.25, 0.3) is 0 Å². The number of methoxy groups -OCH3 is 1. The number of ether oxygens (including phenoxy) is 1.